The van der Waals surface area contributed by atoms with Crippen molar-refractivity contribution in [1.29, 1.82) is 0 Å². The second-order valence-corrected chi connectivity index (χ2v) is 4.53. The Balaban J connectivity index is 2.21. The molecule has 21 heavy (non-hydrogen) atoms. The van der Waals surface area contributed by atoms with Gasteiger partial charge in [0.25, 0.3) is 5.91 Å². The first kappa shape index (κ1) is 14.5. The van der Waals surface area contributed by atoms with E-state index in [1.807, 2.05) is 6.92 Å². The van der Waals surface area contributed by atoms with Gasteiger partial charge in [-0.3, -0.25) is 4.79 Å². The molecule has 1 heterocycles. The van der Waals surface area contributed by atoms with Gasteiger partial charge in [-0.05, 0) is 43.2 Å². The maximum Gasteiger partial charge on any atom is 0.328 e. The van der Waals surface area contributed by atoms with E-state index < -0.39 is 11.9 Å². The van der Waals surface area contributed by atoms with Crippen LogP contribution in [0.4, 0.5) is 5.69 Å². The van der Waals surface area contributed by atoms with Gasteiger partial charge in [-0.2, -0.15) is 0 Å². The molecule has 0 saturated carbocycles. The molecule has 1 aromatic heterocycles. The molecule has 6 heteroatoms. The summed E-state index contributed by atoms with van der Waals surface area (Å²) in [5.41, 5.74) is 2.81. The van der Waals surface area contributed by atoms with Crippen molar-refractivity contribution in [2.45, 2.75) is 13.8 Å². The molecule has 2 N–H and O–H groups in total. The number of nitrogens with one attached hydrogen (secondary N) is 1. The number of aromatic nitrogens is 1. The summed E-state index contributed by atoms with van der Waals surface area (Å²) in [7, 11) is 0. The number of hydrogen-bond acceptors (Lipinski definition) is 4. The van der Waals surface area contributed by atoms with Crippen molar-refractivity contribution in [2.75, 3.05) is 5.32 Å². The summed E-state index contributed by atoms with van der Waals surface area (Å²) >= 11 is 0. The monoisotopic (exact) mass is 286 g/mol. The third kappa shape index (κ3) is 3.56. The Bertz CT molecular complexity index is 716. The van der Waals surface area contributed by atoms with E-state index in [0.29, 0.717) is 16.8 Å². The largest absolute Gasteiger partial charge is 0.478 e. The minimum Gasteiger partial charge on any atom is -0.478 e. The highest BCUT2D eigenvalue weighted by molar-refractivity contribution is 6.03. The van der Waals surface area contributed by atoms with E-state index in [1.165, 1.54) is 12.3 Å². The molecule has 6 nitrogen and oxygen atoms in total. The number of aryl methyl sites for hydroxylation is 2. The van der Waals surface area contributed by atoms with Gasteiger partial charge in [0.05, 0.1) is 6.20 Å². The first-order valence-corrected chi connectivity index (χ1v) is 6.21. The van der Waals surface area contributed by atoms with Crippen molar-refractivity contribution in [3.05, 3.63) is 52.9 Å². The highest BCUT2D eigenvalue weighted by Gasteiger charge is 2.14. The van der Waals surface area contributed by atoms with E-state index in [-0.39, 0.29) is 5.76 Å². The Kier molecular flexibility index (Phi) is 4.18. The second-order valence-electron chi connectivity index (χ2n) is 4.53. The van der Waals surface area contributed by atoms with E-state index in [4.69, 9.17) is 9.63 Å². The van der Waals surface area contributed by atoms with Gasteiger partial charge >= 0.3 is 5.97 Å². The summed E-state index contributed by atoms with van der Waals surface area (Å²) < 4.78 is 4.88. The van der Waals surface area contributed by atoms with Crippen molar-refractivity contribution in [3.63, 3.8) is 0 Å². The van der Waals surface area contributed by atoms with Crippen LogP contribution in [0.3, 0.4) is 0 Å². The van der Waals surface area contributed by atoms with Crippen LogP contribution in [0.2, 0.25) is 0 Å². The molecule has 0 spiro atoms. The predicted molar refractivity (Wildman–Crippen MR) is 77.0 cm³/mol. The molecule has 0 saturated heterocycles. The Morgan fingerprint density at radius 3 is 2.67 bits per heavy atom. The van der Waals surface area contributed by atoms with Gasteiger partial charge in [0.2, 0.25) is 5.76 Å². The number of nitrogens with zero attached hydrogens (tertiary/aromatic N) is 1. The molecule has 1 amide bonds. The Morgan fingerprint density at radius 1 is 1.29 bits per heavy atom. The van der Waals surface area contributed by atoms with Crippen LogP contribution < -0.4 is 5.32 Å². The number of benzene rings is 1. The van der Waals surface area contributed by atoms with Crippen molar-refractivity contribution in [2.24, 2.45) is 0 Å². The van der Waals surface area contributed by atoms with Gasteiger partial charge in [-0.25, -0.2) is 4.79 Å². The number of carboxylic acid groups (broad SMARTS) is 1. The number of carboxylic acids is 1. The van der Waals surface area contributed by atoms with Crippen molar-refractivity contribution >= 4 is 23.6 Å². The molecule has 0 aliphatic heterocycles. The lowest BCUT2D eigenvalue weighted by molar-refractivity contribution is -0.131. The van der Waals surface area contributed by atoms with Crippen molar-refractivity contribution < 1.29 is 19.2 Å². The van der Waals surface area contributed by atoms with Gasteiger partial charge < -0.3 is 14.9 Å². The van der Waals surface area contributed by atoms with Gasteiger partial charge in [-0.15, -0.1) is 0 Å². The van der Waals surface area contributed by atoms with E-state index in [2.05, 4.69) is 10.5 Å². The molecule has 0 fully saturated rings. The summed E-state index contributed by atoms with van der Waals surface area (Å²) in [4.78, 5) is 22.6. The van der Waals surface area contributed by atoms with Crippen molar-refractivity contribution in [3.8, 4) is 0 Å². The van der Waals surface area contributed by atoms with Crippen LogP contribution >= 0.6 is 0 Å². The molecule has 0 unspecified atom stereocenters. The summed E-state index contributed by atoms with van der Waals surface area (Å²) in [6.45, 7) is 3.58. The molecular formula is C15H14N2O4. The summed E-state index contributed by atoms with van der Waals surface area (Å²) in [6, 6.07) is 5.22. The highest BCUT2D eigenvalue weighted by Crippen LogP contribution is 2.18. The first-order valence-electron chi connectivity index (χ1n) is 6.21. The van der Waals surface area contributed by atoms with Crippen molar-refractivity contribution in [1.82, 2.24) is 5.16 Å². The van der Waals surface area contributed by atoms with Gasteiger partial charge in [0.15, 0.2) is 0 Å². The molecular weight excluding hydrogens is 272 g/mol. The quantitative estimate of drug-likeness (QED) is 0.843. The zero-order valence-electron chi connectivity index (χ0n) is 11.6. The second kappa shape index (κ2) is 6.04. The molecule has 0 aliphatic carbocycles. The fourth-order valence-electron chi connectivity index (χ4n) is 1.76. The standard InChI is InChI=1S/C15H14N2O4/c1-9-3-5-12(7-11(9)4-6-13(18)19)17-15(20)14-10(2)8-16-21-14/h3-8H,1-2H3,(H,17,20)(H,18,19). The van der Waals surface area contributed by atoms with E-state index >= 15 is 0 Å². The number of carbonyl (C=O) groups is 2. The number of aliphatic carboxylic acids is 1. The van der Waals surface area contributed by atoms with Crippen LogP contribution in [-0.4, -0.2) is 22.1 Å². The van der Waals surface area contributed by atoms with Crippen LogP contribution in [0.25, 0.3) is 6.08 Å². The summed E-state index contributed by atoms with van der Waals surface area (Å²) in [5.74, 6) is -1.28. The van der Waals surface area contributed by atoms with E-state index in [9.17, 15) is 9.59 Å². The third-order valence-corrected chi connectivity index (χ3v) is 2.90. The van der Waals surface area contributed by atoms with E-state index in [0.717, 1.165) is 11.6 Å². The number of amides is 1. The lowest BCUT2D eigenvalue weighted by atomic mass is 10.1. The topological polar surface area (TPSA) is 92.4 Å². The molecule has 1 aromatic carbocycles. The van der Waals surface area contributed by atoms with Crippen LogP contribution in [0.1, 0.15) is 27.2 Å². The molecule has 108 valence electrons. The average Bonchev–Trinajstić information content (AvgIpc) is 2.85. The van der Waals surface area contributed by atoms with Crippen LogP contribution in [-0.2, 0) is 4.79 Å². The SMILES string of the molecule is Cc1ccc(NC(=O)c2oncc2C)cc1C=CC(=O)O. The zero-order chi connectivity index (χ0) is 15.4. The van der Waals surface area contributed by atoms with Gasteiger partial charge in [-0.1, -0.05) is 11.2 Å². The van der Waals surface area contributed by atoms with Gasteiger partial charge in [0, 0.05) is 17.3 Å². The first-order chi connectivity index (χ1) is 9.97. The maximum atomic E-state index is 12.0. The zero-order valence-corrected chi connectivity index (χ0v) is 11.6. The van der Waals surface area contributed by atoms with Crippen LogP contribution in [0.5, 0.6) is 0 Å². The highest BCUT2D eigenvalue weighted by atomic mass is 16.5. The maximum absolute atomic E-state index is 12.0. The van der Waals surface area contributed by atoms with Crippen LogP contribution in [0.15, 0.2) is 35.0 Å². The van der Waals surface area contributed by atoms with Gasteiger partial charge in [0.1, 0.15) is 0 Å². The normalized spacial score (nSPS) is 10.8. The molecule has 2 rings (SSSR count). The number of anilines is 1. The molecule has 0 radical (unpaired) electrons. The summed E-state index contributed by atoms with van der Waals surface area (Å²) in [6.07, 6.45) is 3.99. The molecule has 0 bridgehead atoms. The fourth-order valence-corrected chi connectivity index (χ4v) is 1.76. The fraction of sp³-hybridized carbons (Fsp3) is 0.133. The van der Waals surface area contributed by atoms with E-state index in [1.54, 1.807) is 25.1 Å². The Labute approximate surface area is 121 Å². The number of carbonyl (C=O) groups excluding carboxylic acids is 1. The predicted octanol–water partition coefficient (Wildman–Crippen LogP) is 2.64. The molecule has 0 aliphatic rings. The smallest absolute Gasteiger partial charge is 0.328 e. The lowest BCUT2D eigenvalue weighted by Gasteiger charge is -2.07. The number of hydrogen-bond donors (Lipinski definition) is 2. The third-order valence-electron chi connectivity index (χ3n) is 2.90. The Hall–Kier alpha value is -2.89. The average molecular weight is 286 g/mol. The summed E-state index contributed by atoms with van der Waals surface area (Å²) in [5, 5.41) is 14.9. The van der Waals surface area contributed by atoms with Crippen LogP contribution in [0, 0.1) is 13.8 Å². The minimum absolute atomic E-state index is 0.151. The molecule has 2 aromatic rings. The minimum atomic E-state index is -1.03. The molecule has 0 atom stereocenters. The number of rotatable bonds is 4. The lowest BCUT2D eigenvalue weighted by Crippen LogP contribution is -2.12. The Morgan fingerprint density at radius 2 is 2.05 bits per heavy atom.